The molecule has 0 amide bonds. The molecular weight excluding hydrogens is 460 g/mol. The number of nitrogens with one attached hydrogen (secondary N) is 1. The average molecular weight is 497 g/mol. The number of fused-ring (bicyclic) bond motifs is 1. The van der Waals surface area contributed by atoms with Crippen LogP contribution < -0.4 is 15.8 Å². The number of para-hydroxylation sites is 1. The highest BCUT2D eigenvalue weighted by Gasteiger charge is 2.31. The van der Waals surface area contributed by atoms with Crippen LogP contribution in [0, 0.1) is 0 Å². The Kier molecular flexibility index (Phi) is 6.57. The van der Waals surface area contributed by atoms with Crippen molar-refractivity contribution in [3.63, 3.8) is 0 Å². The van der Waals surface area contributed by atoms with Gasteiger partial charge in [0.05, 0.1) is 5.39 Å². The summed E-state index contributed by atoms with van der Waals surface area (Å²) in [5.41, 5.74) is 9.51. The fraction of sp³-hybridized carbons (Fsp3) is 0.400. The van der Waals surface area contributed by atoms with Crippen LogP contribution in [-0.2, 0) is 0 Å². The van der Waals surface area contributed by atoms with E-state index in [4.69, 9.17) is 15.5 Å². The van der Waals surface area contributed by atoms with Crippen LogP contribution in [0.25, 0.3) is 22.2 Å². The molecule has 3 heterocycles. The van der Waals surface area contributed by atoms with Crippen molar-refractivity contribution >= 4 is 16.9 Å². The van der Waals surface area contributed by atoms with Gasteiger partial charge in [-0.2, -0.15) is 0 Å². The molecule has 0 bridgehead atoms. The number of hydrogen-bond donors (Lipinski definition) is 2. The molecule has 37 heavy (non-hydrogen) atoms. The Labute approximate surface area is 218 Å². The fourth-order valence-electron chi connectivity index (χ4n) is 6.30. The van der Waals surface area contributed by atoms with Gasteiger partial charge in [0.25, 0.3) is 0 Å². The molecule has 4 aromatic rings. The first-order valence-electron chi connectivity index (χ1n) is 13.5. The van der Waals surface area contributed by atoms with Crippen molar-refractivity contribution < 1.29 is 4.74 Å². The van der Waals surface area contributed by atoms with Crippen molar-refractivity contribution in [3.8, 4) is 22.6 Å². The summed E-state index contributed by atoms with van der Waals surface area (Å²) < 4.78 is 8.35. The van der Waals surface area contributed by atoms with Crippen molar-refractivity contribution in [1.29, 1.82) is 0 Å². The van der Waals surface area contributed by atoms with Gasteiger partial charge >= 0.3 is 0 Å². The van der Waals surface area contributed by atoms with Crippen molar-refractivity contribution in [2.24, 2.45) is 0 Å². The molecule has 3 N–H and O–H groups in total. The minimum Gasteiger partial charge on any atom is -0.457 e. The zero-order valence-electron chi connectivity index (χ0n) is 21.7. The number of piperazine rings is 1. The highest BCUT2D eigenvalue weighted by molar-refractivity contribution is 6.00. The lowest BCUT2D eigenvalue weighted by atomic mass is 9.89. The van der Waals surface area contributed by atoms with Gasteiger partial charge in [-0.25, -0.2) is 9.97 Å². The first kappa shape index (κ1) is 23.9. The van der Waals surface area contributed by atoms with Gasteiger partial charge in [0, 0.05) is 49.0 Å². The van der Waals surface area contributed by atoms with Crippen LogP contribution in [0.1, 0.15) is 45.6 Å². The second kappa shape index (κ2) is 10.1. The number of ether oxygens (including phenoxy) is 1. The number of anilines is 1. The Bertz CT molecular complexity index is 1330. The van der Waals surface area contributed by atoms with Gasteiger partial charge < -0.3 is 20.4 Å². The van der Waals surface area contributed by atoms with Crippen LogP contribution in [0.4, 0.5) is 5.82 Å². The maximum atomic E-state index is 6.41. The molecule has 0 spiro atoms. The Morgan fingerprint density at radius 3 is 2.19 bits per heavy atom. The van der Waals surface area contributed by atoms with Crippen molar-refractivity contribution in [3.05, 3.63) is 67.1 Å². The van der Waals surface area contributed by atoms with E-state index in [9.17, 15) is 0 Å². The maximum absolute atomic E-state index is 6.41. The van der Waals surface area contributed by atoms with E-state index in [1.165, 1.54) is 12.8 Å². The van der Waals surface area contributed by atoms with E-state index in [-0.39, 0.29) is 0 Å². The molecule has 6 rings (SSSR count). The molecule has 2 aliphatic rings. The number of aromatic nitrogens is 3. The first-order chi connectivity index (χ1) is 18.0. The maximum Gasteiger partial charge on any atom is 0.146 e. The second-order valence-electron chi connectivity index (χ2n) is 10.7. The smallest absolute Gasteiger partial charge is 0.146 e. The molecule has 7 heteroatoms. The summed E-state index contributed by atoms with van der Waals surface area (Å²) in [5.74, 6) is 2.16. The number of rotatable bonds is 5. The number of nitrogen functional groups attached to an aromatic ring is 1. The molecule has 2 aromatic heterocycles. The predicted octanol–water partition coefficient (Wildman–Crippen LogP) is 5.64. The van der Waals surface area contributed by atoms with Crippen LogP contribution >= 0.6 is 0 Å². The summed E-state index contributed by atoms with van der Waals surface area (Å²) in [6.45, 7) is 6.88. The fourth-order valence-corrected chi connectivity index (χ4v) is 6.30. The van der Waals surface area contributed by atoms with Crippen molar-refractivity contribution in [1.82, 2.24) is 24.8 Å². The van der Waals surface area contributed by atoms with E-state index in [0.29, 0.717) is 30.0 Å². The Balaban J connectivity index is 1.24. The highest BCUT2D eigenvalue weighted by Crippen LogP contribution is 2.39. The van der Waals surface area contributed by atoms with Gasteiger partial charge in [0.1, 0.15) is 29.3 Å². The molecule has 1 aliphatic heterocycles. The normalized spacial score (nSPS) is 24.8. The molecule has 2 aromatic carbocycles. The Hall–Kier alpha value is -3.42. The second-order valence-corrected chi connectivity index (χ2v) is 10.7. The van der Waals surface area contributed by atoms with Gasteiger partial charge in [0.15, 0.2) is 0 Å². The number of nitrogens with two attached hydrogens (primary N) is 1. The van der Waals surface area contributed by atoms with Gasteiger partial charge in [-0.15, -0.1) is 0 Å². The van der Waals surface area contributed by atoms with Crippen LogP contribution in [0.2, 0.25) is 0 Å². The molecule has 1 aliphatic carbocycles. The molecule has 0 unspecified atom stereocenters. The van der Waals surface area contributed by atoms with Crippen LogP contribution in [0.15, 0.2) is 67.1 Å². The van der Waals surface area contributed by atoms with E-state index in [0.717, 1.165) is 59.6 Å². The lowest BCUT2D eigenvalue weighted by Gasteiger charge is -2.43. The summed E-state index contributed by atoms with van der Waals surface area (Å²) in [5, 5.41) is 4.60. The van der Waals surface area contributed by atoms with Gasteiger partial charge in [-0.3, -0.25) is 4.90 Å². The van der Waals surface area contributed by atoms with E-state index >= 15 is 0 Å². The molecule has 2 atom stereocenters. The largest absolute Gasteiger partial charge is 0.457 e. The van der Waals surface area contributed by atoms with E-state index < -0.39 is 0 Å². The van der Waals surface area contributed by atoms with Crippen LogP contribution in [0.3, 0.4) is 0 Å². The van der Waals surface area contributed by atoms with E-state index in [1.807, 2.05) is 42.5 Å². The molecule has 7 nitrogen and oxygen atoms in total. The number of hydrogen-bond acceptors (Lipinski definition) is 6. The SMILES string of the molecule is C[C@@H]1CN([C@H]2CC[C@@H](n3cc(-c4ccc(Oc5ccccc5)cc4)c4c(N)ncnc43)CC2)C[C@H](C)N1. The summed E-state index contributed by atoms with van der Waals surface area (Å²) >= 11 is 0. The van der Waals surface area contributed by atoms with Gasteiger partial charge in [-0.1, -0.05) is 30.3 Å². The third kappa shape index (κ3) is 4.93. The molecule has 0 radical (unpaired) electrons. The standard InChI is InChI=1S/C30H36N6O/c1-20-16-35(17-21(2)34-20)23-10-12-24(13-11-23)36-18-27(28-29(31)32-19-33-30(28)36)22-8-14-26(15-9-22)37-25-6-4-3-5-7-25/h3-9,14-15,18-21,23-24,34H,10-13,16-17H2,1-2H3,(H2,31,32,33)/t20-,21+,23-,24+. The van der Waals surface area contributed by atoms with Crippen molar-refractivity contribution in [2.75, 3.05) is 18.8 Å². The molecule has 2 fully saturated rings. The highest BCUT2D eigenvalue weighted by atomic mass is 16.5. The van der Waals surface area contributed by atoms with Gasteiger partial charge in [-0.05, 0) is 69.4 Å². The monoisotopic (exact) mass is 496 g/mol. The average Bonchev–Trinajstić information content (AvgIpc) is 3.30. The van der Waals surface area contributed by atoms with E-state index in [1.54, 1.807) is 6.33 Å². The van der Waals surface area contributed by atoms with Crippen LogP contribution in [-0.4, -0.2) is 50.7 Å². The minimum atomic E-state index is 0.417. The number of nitrogens with zero attached hydrogens (tertiary/aromatic N) is 4. The lowest BCUT2D eigenvalue weighted by Crippen LogP contribution is -2.57. The summed E-state index contributed by atoms with van der Waals surface area (Å²) in [7, 11) is 0. The molecule has 1 saturated carbocycles. The third-order valence-electron chi connectivity index (χ3n) is 7.94. The first-order valence-corrected chi connectivity index (χ1v) is 13.5. The zero-order chi connectivity index (χ0) is 25.4. The third-order valence-corrected chi connectivity index (χ3v) is 7.94. The quantitative estimate of drug-likeness (QED) is 0.372. The topological polar surface area (TPSA) is 81.2 Å². The Morgan fingerprint density at radius 1 is 0.838 bits per heavy atom. The zero-order valence-corrected chi connectivity index (χ0v) is 21.7. The summed E-state index contributed by atoms with van der Waals surface area (Å²) in [6, 6.07) is 20.2. The number of benzene rings is 2. The predicted molar refractivity (Wildman–Crippen MR) is 149 cm³/mol. The molecule has 192 valence electrons. The minimum absolute atomic E-state index is 0.417. The molecule has 1 saturated heterocycles. The molecular formula is C30H36N6O. The van der Waals surface area contributed by atoms with E-state index in [2.05, 4.69) is 51.9 Å². The summed E-state index contributed by atoms with van der Waals surface area (Å²) in [6.07, 6.45) is 8.55. The Morgan fingerprint density at radius 2 is 1.49 bits per heavy atom. The van der Waals surface area contributed by atoms with Crippen molar-refractivity contribution in [2.45, 2.75) is 63.7 Å². The summed E-state index contributed by atoms with van der Waals surface area (Å²) in [4.78, 5) is 11.7. The van der Waals surface area contributed by atoms with Gasteiger partial charge in [0.2, 0.25) is 0 Å². The lowest BCUT2D eigenvalue weighted by molar-refractivity contribution is 0.0890. The van der Waals surface area contributed by atoms with Crippen LogP contribution in [0.5, 0.6) is 11.5 Å².